The van der Waals surface area contributed by atoms with Crippen LogP contribution < -0.4 is 0 Å². The zero-order valence-corrected chi connectivity index (χ0v) is 18.0. The molecule has 4 heteroatoms. The van der Waals surface area contributed by atoms with Crippen molar-refractivity contribution in [2.75, 3.05) is 0 Å². The van der Waals surface area contributed by atoms with Crippen LogP contribution in [0, 0.1) is 29.6 Å². The average molecular weight is 405 g/mol. The molecule has 3 saturated carbocycles. The van der Waals surface area contributed by atoms with E-state index in [0.29, 0.717) is 18.3 Å². The number of carboxylic acids is 1. The van der Waals surface area contributed by atoms with E-state index >= 15 is 0 Å². The number of unbranched alkanes of at least 4 members (excludes halogenated alkanes) is 1. The molecule has 0 aliphatic heterocycles. The molecule has 164 valence electrons. The molecule has 0 amide bonds. The van der Waals surface area contributed by atoms with Gasteiger partial charge in [-0.3, -0.25) is 4.79 Å². The summed E-state index contributed by atoms with van der Waals surface area (Å²) >= 11 is 0. The van der Waals surface area contributed by atoms with Crippen LogP contribution in [-0.4, -0.2) is 33.5 Å². The normalized spacial score (nSPS) is 34.0. The Morgan fingerprint density at radius 3 is 2.69 bits per heavy atom. The van der Waals surface area contributed by atoms with Crippen LogP contribution in [0.4, 0.5) is 0 Å². The van der Waals surface area contributed by atoms with E-state index in [2.05, 4.69) is 19.1 Å². The molecule has 4 nitrogen and oxygen atoms in total. The molecule has 29 heavy (non-hydrogen) atoms. The van der Waals surface area contributed by atoms with Gasteiger partial charge in [0.2, 0.25) is 0 Å². The molecular weight excluding hydrogens is 364 g/mol. The van der Waals surface area contributed by atoms with Gasteiger partial charge in [-0.15, -0.1) is 0 Å². The van der Waals surface area contributed by atoms with Crippen molar-refractivity contribution >= 4 is 5.97 Å². The maximum absolute atomic E-state index is 10.6. The summed E-state index contributed by atoms with van der Waals surface area (Å²) in [7, 11) is 0. The van der Waals surface area contributed by atoms with Crippen LogP contribution >= 0.6 is 0 Å². The van der Waals surface area contributed by atoms with Crippen LogP contribution in [0.5, 0.6) is 0 Å². The Morgan fingerprint density at radius 2 is 1.97 bits per heavy atom. The average Bonchev–Trinajstić information content (AvgIpc) is 3.20. The lowest BCUT2D eigenvalue weighted by Gasteiger charge is -2.26. The Hall–Kier alpha value is -1.13. The topological polar surface area (TPSA) is 77.8 Å². The number of aliphatic hydroxyl groups excluding tert-OH is 2. The lowest BCUT2D eigenvalue weighted by atomic mass is 9.81. The van der Waals surface area contributed by atoms with Crippen LogP contribution in [-0.2, 0) is 4.79 Å². The van der Waals surface area contributed by atoms with E-state index in [0.717, 1.165) is 38.0 Å². The molecule has 0 aromatic rings. The smallest absolute Gasteiger partial charge is 0.303 e. The van der Waals surface area contributed by atoms with E-state index in [4.69, 9.17) is 5.11 Å². The van der Waals surface area contributed by atoms with Crippen molar-refractivity contribution in [3.8, 4) is 0 Å². The Morgan fingerprint density at radius 1 is 1.21 bits per heavy atom. The van der Waals surface area contributed by atoms with Gasteiger partial charge in [-0.2, -0.15) is 0 Å². The number of carbonyl (C=O) groups is 1. The largest absolute Gasteiger partial charge is 0.481 e. The van der Waals surface area contributed by atoms with Crippen molar-refractivity contribution in [3.63, 3.8) is 0 Å². The molecule has 0 heterocycles. The van der Waals surface area contributed by atoms with Crippen molar-refractivity contribution in [1.82, 2.24) is 0 Å². The molecule has 0 aromatic heterocycles. The van der Waals surface area contributed by atoms with Gasteiger partial charge >= 0.3 is 5.97 Å². The number of hydrogen-bond acceptors (Lipinski definition) is 3. The van der Waals surface area contributed by atoms with E-state index in [9.17, 15) is 15.0 Å². The van der Waals surface area contributed by atoms with Crippen molar-refractivity contribution in [3.05, 3.63) is 23.8 Å². The summed E-state index contributed by atoms with van der Waals surface area (Å²) < 4.78 is 0. The summed E-state index contributed by atoms with van der Waals surface area (Å²) in [4.78, 5) is 10.6. The summed E-state index contributed by atoms with van der Waals surface area (Å²) in [5.74, 6) is 1.46. The van der Waals surface area contributed by atoms with E-state index in [-0.39, 0.29) is 24.4 Å². The van der Waals surface area contributed by atoms with E-state index in [1.165, 1.54) is 37.7 Å². The van der Waals surface area contributed by atoms with Crippen molar-refractivity contribution < 1.29 is 20.1 Å². The first kappa shape index (κ1) is 22.6. The highest BCUT2D eigenvalue weighted by Crippen LogP contribution is 2.50. The molecule has 0 bridgehead atoms. The lowest BCUT2D eigenvalue weighted by Crippen LogP contribution is -2.22. The Labute approximate surface area is 176 Å². The Balaban J connectivity index is 1.49. The molecule has 3 rings (SSSR count). The first-order chi connectivity index (χ1) is 13.9. The van der Waals surface area contributed by atoms with E-state index in [1.54, 1.807) is 0 Å². The van der Waals surface area contributed by atoms with Crippen LogP contribution in [0.3, 0.4) is 0 Å². The first-order valence-electron chi connectivity index (χ1n) is 11.9. The van der Waals surface area contributed by atoms with Gasteiger partial charge in [0, 0.05) is 12.3 Å². The van der Waals surface area contributed by atoms with Gasteiger partial charge < -0.3 is 15.3 Å². The SMILES string of the molecule is CC(CC1CCCCC1)[C@@H](O)C=C[C@@H]1[C@H]2CC(=CCCCC(=O)O)C[C@@H]2C[C@H]1O. The first-order valence-corrected chi connectivity index (χ1v) is 11.9. The predicted octanol–water partition coefficient (Wildman–Crippen LogP) is 5.10. The summed E-state index contributed by atoms with van der Waals surface area (Å²) in [6.07, 6.45) is 18.0. The molecule has 3 aliphatic carbocycles. The molecule has 0 aromatic carbocycles. The standard InChI is InChI=1S/C25H40O4/c1-17(13-18-7-3-2-4-8-18)23(26)12-11-21-22-15-19(9-5-6-10-25(28)29)14-20(22)16-24(21)27/h9,11-12,17-18,20-24,26-27H,2-8,10,13-16H2,1H3,(H,28,29)/t17?,20-,21-,22+,23+,24-/m1/s1. The second-order valence-electron chi connectivity index (χ2n) is 9.95. The van der Waals surface area contributed by atoms with Crippen LogP contribution in [0.1, 0.15) is 84.0 Å². The number of rotatable bonds is 9. The molecular formula is C25H40O4. The summed E-state index contributed by atoms with van der Waals surface area (Å²) in [6.45, 7) is 2.16. The fourth-order valence-corrected chi connectivity index (χ4v) is 6.02. The second kappa shape index (κ2) is 10.8. The molecule has 0 saturated heterocycles. The Kier molecular flexibility index (Phi) is 8.37. The predicted molar refractivity (Wildman–Crippen MR) is 115 cm³/mol. The van der Waals surface area contributed by atoms with E-state index in [1.807, 2.05) is 6.08 Å². The highest BCUT2D eigenvalue weighted by molar-refractivity contribution is 5.66. The van der Waals surface area contributed by atoms with Gasteiger partial charge in [0.25, 0.3) is 0 Å². The fraction of sp³-hybridized carbons (Fsp3) is 0.800. The van der Waals surface area contributed by atoms with Gasteiger partial charge in [0.05, 0.1) is 12.2 Å². The highest BCUT2D eigenvalue weighted by Gasteiger charge is 2.45. The molecule has 3 N–H and O–H groups in total. The number of aliphatic carboxylic acids is 1. The summed E-state index contributed by atoms with van der Waals surface area (Å²) in [6, 6.07) is 0. The van der Waals surface area contributed by atoms with Gasteiger partial charge in [-0.1, -0.05) is 62.8 Å². The zero-order chi connectivity index (χ0) is 20.8. The minimum absolute atomic E-state index is 0.140. The minimum atomic E-state index is -0.726. The molecule has 6 atom stereocenters. The van der Waals surface area contributed by atoms with Gasteiger partial charge in [-0.25, -0.2) is 0 Å². The number of fused-ring (bicyclic) bond motifs is 1. The third-order valence-electron chi connectivity index (χ3n) is 7.68. The van der Waals surface area contributed by atoms with Crippen LogP contribution in [0.15, 0.2) is 23.8 Å². The molecule has 3 fully saturated rings. The second-order valence-corrected chi connectivity index (χ2v) is 9.95. The zero-order valence-electron chi connectivity index (χ0n) is 18.0. The summed E-state index contributed by atoms with van der Waals surface area (Å²) in [5, 5.41) is 30.0. The van der Waals surface area contributed by atoms with Crippen molar-refractivity contribution in [2.24, 2.45) is 29.6 Å². The van der Waals surface area contributed by atoms with Crippen LogP contribution in [0.2, 0.25) is 0 Å². The van der Waals surface area contributed by atoms with Crippen molar-refractivity contribution in [1.29, 1.82) is 0 Å². The fourth-order valence-electron chi connectivity index (χ4n) is 6.02. The lowest BCUT2D eigenvalue weighted by molar-refractivity contribution is -0.137. The molecule has 1 unspecified atom stereocenters. The Bertz CT molecular complexity index is 590. The minimum Gasteiger partial charge on any atom is -0.481 e. The van der Waals surface area contributed by atoms with Gasteiger partial charge in [-0.05, 0) is 62.2 Å². The third kappa shape index (κ3) is 6.42. The van der Waals surface area contributed by atoms with Gasteiger partial charge in [0.15, 0.2) is 0 Å². The van der Waals surface area contributed by atoms with Gasteiger partial charge in [0.1, 0.15) is 0 Å². The van der Waals surface area contributed by atoms with E-state index < -0.39 is 12.1 Å². The number of carboxylic acid groups (broad SMARTS) is 1. The van der Waals surface area contributed by atoms with Crippen molar-refractivity contribution in [2.45, 2.75) is 96.2 Å². The van der Waals surface area contributed by atoms with Crippen LogP contribution in [0.25, 0.3) is 0 Å². The number of aliphatic hydroxyl groups is 2. The molecule has 0 spiro atoms. The molecule has 0 radical (unpaired) electrons. The number of hydrogen-bond donors (Lipinski definition) is 3. The quantitative estimate of drug-likeness (QED) is 0.369. The molecule has 3 aliphatic rings. The highest BCUT2D eigenvalue weighted by atomic mass is 16.4. The third-order valence-corrected chi connectivity index (χ3v) is 7.68. The summed E-state index contributed by atoms with van der Waals surface area (Å²) in [5.41, 5.74) is 1.43. The maximum atomic E-state index is 10.6. The maximum Gasteiger partial charge on any atom is 0.303 e. The number of allylic oxidation sites excluding steroid dienone is 2. The monoisotopic (exact) mass is 404 g/mol.